The first kappa shape index (κ1) is 34.8. The van der Waals surface area contributed by atoms with Crippen LogP contribution in [-0.2, 0) is 6.54 Å². The predicted octanol–water partition coefficient (Wildman–Crippen LogP) is 6.05. The SMILES string of the molecule is Cc1ccc(O)c(C(=O)N[C@H]2CC[C@@H](NC(=O)c3cc(F)cnc3Oc3cccc(-c4ccc(O)c(CN5C[C@@H](C)N[C@@H](C)C5)c4)c3)CC2)c1. The molecule has 2 heterocycles. The lowest BCUT2D eigenvalue weighted by atomic mass is 9.90. The van der Waals surface area contributed by atoms with Crippen LogP contribution in [0.15, 0.2) is 72.9 Å². The van der Waals surface area contributed by atoms with E-state index in [0.717, 1.165) is 47.6 Å². The zero-order valence-electron chi connectivity index (χ0n) is 28.6. The number of halogens is 1. The van der Waals surface area contributed by atoms with Gasteiger partial charge in [-0.2, -0.15) is 0 Å². The Kier molecular flexibility index (Phi) is 10.6. The number of carbonyl (C=O) groups is 2. The molecule has 0 unspecified atom stereocenters. The maximum Gasteiger partial charge on any atom is 0.257 e. The number of carbonyl (C=O) groups excluding carboxylic acids is 2. The van der Waals surface area contributed by atoms with Crippen molar-refractivity contribution >= 4 is 11.8 Å². The smallest absolute Gasteiger partial charge is 0.257 e. The fourth-order valence-corrected chi connectivity index (χ4v) is 6.96. The normalized spacial score (nSPS) is 21.0. The summed E-state index contributed by atoms with van der Waals surface area (Å²) in [5.41, 5.74) is 3.66. The first-order valence-corrected chi connectivity index (χ1v) is 17.2. The molecule has 0 spiro atoms. The van der Waals surface area contributed by atoms with E-state index in [2.05, 4.69) is 39.7 Å². The topological polar surface area (TPSA) is 136 Å². The fourth-order valence-electron chi connectivity index (χ4n) is 6.96. The number of phenols is 2. The van der Waals surface area contributed by atoms with Gasteiger partial charge < -0.3 is 30.9 Å². The van der Waals surface area contributed by atoms with Crippen molar-refractivity contribution in [3.8, 4) is 34.3 Å². The molecule has 2 fully saturated rings. The number of pyridine rings is 1. The summed E-state index contributed by atoms with van der Waals surface area (Å²) in [6, 6.07) is 19.3. The van der Waals surface area contributed by atoms with Gasteiger partial charge in [0.25, 0.3) is 11.8 Å². The molecule has 1 aliphatic heterocycles. The Morgan fingerprint density at radius 2 is 1.50 bits per heavy atom. The molecule has 0 radical (unpaired) electrons. The second-order valence-corrected chi connectivity index (χ2v) is 13.7. The van der Waals surface area contributed by atoms with Crippen molar-refractivity contribution in [1.82, 2.24) is 25.8 Å². The molecule has 2 amide bonds. The van der Waals surface area contributed by atoms with Gasteiger partial charge >= 0.3 is 0 Å². The number of nitrogens with one attached hydrogen (secondary N) is 3. The van der Waals surface area contributed by atoms with Crippen LogP contribution in [0.3, 0.4) is 0 Å². The maximum absolute atomic E-state index is 14.4. The van der Waals surface area contributed by atoms with Crippen LogP contribution in [0, 0.1) is 12.7 Å². The number of hydrogen-bond acceptors (Lipinski definition) is 8. The minimum absolute atomic E-state index is 0.0201. The van der Waals surface area contributed by atoms with E-state index in [1.165, 1.54) is 6.07 Å². The Labute approximate surface area is 291 Å². The molecule has 3 aromatic carbocycles. The Morgan fingerprint density at radius 3 is 2.20 bits per heavy atom. The summed E-state index contributed by atoms with van der Waals surface area (Å²) < 4.78 is 20.5. The second kappa shape index (κ2) is 15.3. The average Bonchev–Trinajstić information content (AvgIpc) is 3.08. The van der Waals surface area contributed by atoms with Gasteiger partial charge in [0, 0.05) is 49.4 Å². The molecule has 262 valence electrons. The number of phenolic OH excluding ortho intramolecular Hbond substituents is 2. The number of aryl methyl sites for hydroxylation is 1. The van der Waals surface area contributed by atoms with Gasteiger partial charge in [-0.15, -0.1) is 0 Å². The van der Waals surface area contributed by atoms with E-state index in [-0.39, 0.29) is 46.5 Å². The van der Waals surface area contributed by atoms with Crippen LogP contribution in [0.1, 0.15) is 71.4 Å². The Morgan fingerprint density at radius 1 is 0.860 bits per heavy atom. The fraction of sp³-hybridized carbons (Fsp3) is 0.359. The van der Waals surface area contributed by atoms with Crippen LogP contribution in [0.25, 0.3) is 11.1 Å². The van der Waals surface area contributed by atoms with Gasteiger partial charge in [-0.05, 0) is 100 Å². The standard InChI is InChI=1S/C39H44FN5O5/c1-23-7-13-36(47)33(15-23)37(48)43-30-9-11-31(12-10-30)44-38(49)34-18-29(40)19-41-39(34)50-32-6-4-5-26(17-32)27-8-14-35(46)28(16-27)22-45-20-24(2)42-25(3)21-45/h4-8,13-19,24-25,30-31,42,46-47H,9-12,20-22H2,1-3H3,(H,43,48)(H,44,49)/t24-,25+,30-,31+. The van der Waals surface area contributed by atoms with Gasteiger partial charge in [0.1, 0.15) is 28.6 Å². The van der Waals surface area contributed by atoms with Gasteiger partial charge in [-0.3, -0.25) is 14.5 Å². The second-order valence-electron chi connectivity index (χ2n) is 13.7. The Hall–Kier alpha value is -5.00. The van der Waals surface area contributed by atoms with Crippen LogP contribution in [0.5, 0.6) is 23.1 Å². The van der Waals surface area contributed by atoms with Gasteiger partial charge in [-0.25, -0.2) is 9.37 Å². The predicted molar refractivity (Wildman–Crippen MR) is 189 cm³/mol. The van der Waals surface area contributed by atoms with Crippen molar-refractivity contribution in [3.05, 3.63) is 101 Å². The molecular formula is C39H44FN5O5. The molecule has 6 rings (SSSR count). The first-order chi connectivity index (χ1) is 24.0. The van der Waals surface area contributed by atoms with E-state index in [1.54, 1.807) is 24.3 Å². The molecule has 11 heteroatoms. The van der Waals surface area contributed by atoms with E-state index < -0.39 is 11.7 Å². The van der Waals surface area contributed by atoms with Crippen molar-refractivity contribution in [2.45, 2.75) is 77.2 Å². The van der Waals surface area contributed by atoms with Crippen LogP contribution in [0.2, 0.25) is 0 Å². The lowest BCUT2D eigenvalue weighted by Gasteiger charge is -2.36. The number of hydrogen-bond donors (Lipinski definition) is 5. The largest absolute Gasteiger partial charge is 0.508 e. The van der Waals surface area contributed by atoms with Crippen molar-refractivity contribution < 1.29 is 28.9 Å². The summed E-state index contributed by atoms with van der Waals surface area (Å²) >= 11 is 0. The van der Waals surface area contributed by atoms with Crippen molar-refractivity contribution in [1.29, 1.82) is 0 Å². The number of piperazine rings is 1. The Bertz CT molecular complexity index is 1850. The number of amides is 2. The molecule has 1 aliphatic carbocycles. The van der Waals surface area contributed by atoms with E-state index in [9.17, 15) is 24.2 Å². The van der Waals surface area contributed by atoms with Gasteiger partial charge in [0.05, 0.1) is 11.8 Å². The molecule has 50 heavy (non-hydrogen) atoms. The number of rotatable bonds is 9. The number of aromatic hydroxyl groups is 2. The average molecular weight is 682 g/mol. The summed E-state index contributed by atoms with van der Waals surface area (Å²) in [5.74, 6) is -0.915. The number of benzene rings is 3. The highest BCUT2D eigenvalue weighted by atomic mass is 19.1. The van der Waals surface area contributed by atoms with Gasteiger partial charge in [0.15, 0.2) is 0 Å². The third kappa shape index (κ3) is 8.58. The molecule has 1 saturated heterocycles. The number of nitrogens with zero attached hydrogens (tertiary/aromatic N) is 2. The van der Waals surface area contributed by atoms with E-state index >= 15 is 0 Å². The van der Waals surface area contributed by atoms with E-state index in [1.807, 2.05) is 37.3 Å². The van der Waals surface area contributed by atoms with E-state index in [4.69, 9.17) is 4.74 Å². The molecule has 0 bridgehead atoms. The summed E-state index contributed by atoms with van der Waals surface area (Å²) in [6.07, 6.45) is 3.50. The molecule has 2 aliphatic rings. The lowest BCUT2D eigenvalue weighted by Crippen LogP contribution is -2.53. The summed E-state index contributed by atoms with van der Waals surface area (Å²) in [5, 5.41) is 30.3. The van der Waals surface area contributed by atoms with E-state index in [0.29, 0.717) is 50.1 Å². The Balaban J connectivity index is 1.09. The summed E-state index contributed by atoms with van der Waals surface area (Å²) in [4.78, 5) is 32.6. The quantitative estimate of drug-likeness (QED) is 0.144. The highest BCUT2D eigenvalue weighted by molar-refractivity contribution is 5.97. The highest BCUT2D eigenvalue weighted by Gasteiger charge is 2.27. The zero-order chi connectivity index (χ0) is 35.4. The minimum atomic E-state index is -0.660. The molecule has 10 nitrogen and oxygen atoms in total. The molecule has 2 atom stereocenters. The summed E-state index contributed by atoms with van der Waals surface area (Å²) in [6.45, 7) is 8.57. The summed E-state index contributed by atoms with van der Waals surface area (Å²) in [7, 11) is 0. The first-order valence-electron chi connectivity index (χ1n) is 17.2. The zero-order valence-corrected chi connectivity index (χ0v) is 28.6. The van der Waals surface area contributed by atoms with Crippen LogP contribution in [0.4, 0.5) is 4.39 Å². The monoisotopic (exact) mass is 681 g/mol. The molecular weight excluding hydrogens is 637 g/mol. The van der Waals surface area contributed by atoms with Crippen molar-refractivity contribution in [2.24, 2.45) is 0 Å². The molecule has 4 aromatic rings. The molecule has 1 saturated carbocycles. The molecule has 1 aromatic heterocycles. The minimum Gasteiger partial charge on any atom is -0.508 e. The third-order valence-electron chi connectivity index (χ3n) is 9.35. The maximum atomic E-state index is 14.4. The highest BCUT2D eigenvalue weighted by Crippen LogP contribution is 2.32. The van der Waals surface area contributed by atoms with Crippen LogP contribution >= 0.6 is 0 Å². The third-order valence-corrected chi connectivity index (χ3v) is 9.35. The number of aromatic nitrogens is 1. The number of ether oxygens (including phenoxy) is 1. The van der Waals surface area contributed by atoms with Gasteiger partial charge in [0.2, 0.25) is 5.88 Å². The lowest BCUT2D eigenvalue weighted by molar-refractivity contribution is 0.0888. The van der Waals surface area contributed by atoms with Crippen molar-refractivity contribution in [3.63, 3.8) is 0 Å². The van der Waals surface area contributed by atoms with Crippen LogP contribution in [-0.4, -0.2) is 69.2 Å². The molecule has 5 N–H and O–H groups in total. The van der Waals surface area contributed by atoms with Gasteiger partial charge in [-0.1, -0.05) is 29.8 Å². The van der Waals surface area contributed by atoms with Crippen LogP contribution < -0.4 is 20.7 Å². The van der Waals surface area contributed by atoms with Crippen molar-refractivity contribution in [2.75, 3.05) is 13.1 Å².